The van der Waals surface area contributed by atoms with E-state index < -0.39 is 10.0 Å². The molecule has 0 unspecified atom stereocenters. The second-order valence-corrected chi connectivity index (χ2v) is 9.12. The number of carbonyl (C=O) groups is 1. The summed E-state index contributed by atoms with van der Waals surface area (Å²) in [6.45, 7) is 5.70. The molecule has 150 valence electrons. The predicted octanol–water partition coefficient (Wildman–Crippen LogP) is 1.61. The fourth-order valence-electron chi connectivity index (χ4n) is 3.17. The molecule has 27 heavy (non-hydrogen) atoms. The van der Waals surface area contributed by atoms with Crippen molar-refractivity contribution in [2.24, 2.45) is 0 Å². The number of piperazine rings is 1. The maximum absolute atomic E-state index is 13.1. The van der Waals surface area contributed by atoms with Crippen LogP contribution in [0.5, 0.6) is 5.75 Å². The molecule has 2 fully saturated rings. The van der Waals surface area contributed by atoms with E-state index in [1.165, 1.54) is 4.31 Å². The Morgan fingerprint density at radius 2 is 1.74 bits per heavy atom. The summed E-state index contributed by atoms with van der Waals surface area (Å²) in [6, 6.07) is 4.92. The van der Waals surface area contributed by atoms with Gasteiger partial charge in [-0.15, -0.1) is 0 Å². The summed E-state index contributed by atoms with van der Waals surface area (Å²) >= 11 is 3.33. The van der Waals surface area contributed by atoms with Crippen molar-refractivity contribution in [3.05, 3.63) is 22.7 Å². The monoisotopic (exact) mass is 461 g/mol. The lowest BCUT2D eigenvalue weighted by Crippen LogP contribution is -2.55. The minimum Gasteiger partial charge on any atom is -0.492 e. The van der Waals surface area contributed by atoms with Crippen molar-refractivity contribution in [1.29, 1.82) is 0 Å². The number of halogens is 1. The SMILES string of the molecule is CCOc1ccc(Br)cc1S(=O)(=O)N1CCN(C(=O)N2CCOCC2)CC1. The van der Waals surface area contributed by atoms with Crippen LogP contribution in [0.3, 0.4) is 0 Å². The zero-order valence-electron chi connectivity index (χ0n) is 15.3. The molecule has 0 aromatic heterocycles. The van der Waals surface area contributed by atoms with E-state index in [9.17, 15) is 13.2 Å². The highest BCUT2D eigenvalue weighted by atomic mass is 79.9. The highest BCUT2D eigenvalue weighted by molar-refractivity contribution is 9.10. The minimum absolute atomic E-state index is 0.0483. The molecule has 2 saturated heterocycles. The number of benzene rings is 1. The van der Waals surface area contributed by atoms with Gasteiger partial charge in [-0.1, -0.05) is 15.9 Å². The normalized spacial score (nSPS) is 19.2. The molecule has 2 aliphatic heterocycles. The van der Waals surface area contributed by atoms with Crippen LogP contribution in [0.15, 0.2) is 27.6 Å². The van der Waals surface area contributed by atoms with Crippen LogP contribution in [0.2, 0.25) is 0 Å². The highest BCUT2D eigenvalue weighted by Gasteiger charge is 2.33. The number of nitrogens with zero attached hydrogens (tertiary/aromatic N) is 3. The molecule has 0 spiro atoms. The fraction of sp³-hybridized carbons (Fsp3) is 0.588. The van der Waals surface area contributed by atoms with Gasteiger partial charge in [-0.2, -0.15) is 4.31 Å². The van der Waals surface area contributed by atoms with Crippen LogP contribution in [-0.2, 0) is 14.8 Å². The van der Waals surface area contributed by atoms with Crippen molar-refractivity contribution >= 4 is 32.0 Å². The molecular weight excluding hydrogens is 438 g/mol. The average molecular weight is 462 g/mol. The van der Waals surface area contributed by atoms with Gasteiger partial charge >= 0.3 is 6.03 Å². The molecule has 1 aromatic rings. The zero-order valence-corrected chi connectivity index (χ0v) is 17.7. The lowest BCUT2D eigenvalue weighted by molar-refractivity contribution is 0.0405. The van der Waals surface area contributed by atoms with Gasteiger partial charge < -0.3 is 19.3 Å². The Kier molecular flexibility index (Phi) is 6.61. The second-order valence-electron chi connectivity index (χ2n) is 6.30. The van der Waals surface area contributed by atoms with Crippen LogP contribution in [0.1, 0.15) is 6.92 Å². The van der Waals surface area contributed by atoms with E-state index in [1.54, 1.807) is 28.0 Å². The van der Waals surface area contributed by atoms with Gasteiger partial charge in [0.05, 0.1) is 19.8 Å². The van der Waals surface area contributed by atoms with Crippen molar-refractivity contribution in [3.63, 3.8) is 0 Å². The van der Waals surface area contributed by atoms with Crippen LogP contribution in [0.4, 0.5) is 4.79 Å². The van der Waals surface area contributed by atoms with Gasteiger partial charge in [0.25, 0.3) is 0 Å². The number of hydrogen-bond donors (Lipinski definition) is 0. The lowest BCUT2D eigenvalue weighted by atomic mass is 10.3. The van der Waals surface area contributed by atoms with Crippen LogP contribution >= 0.6 is 15.9 Å². The summed E-state index contributed by atoms with van der Waals surface area (Å²) in [5.74, 6) is 0.340. The molecule has 10 heteroatoms. The van der Waals surface area contributed by atoms with Crippen LogP contribution in [0.25, 0.3) is 0 Å². The Morgan fingerprint density at radius 1 is 1.11 bits per heavy atom. The molecule has 0 N–H and O–H groups in total. The first-order valence-electron chi connectivity index (χ1n) is 8.97. The smallest absolute Gasteiger partial charge is 0.320 e. The van der Waals surface area contributed by atoms with E-state index in [1.807, 2.05) is 6.92 Å². The maximum Gasteiger partial charge on any atom is 0.320 e. The van der Waals surface area contributed by atoms with Crippen LogP contribution < -0.4 is 4.74 Å². The van der Waals surface area contributed by atoms with E-state index in [0.29, 0.717) is 56.2 Å². The highest BCUT2D eigenvalue weighted by Crippen LogP contribution is 2.30. The zero-order chi connectivity index (χ0) is 19.4. The summed E-state index contributed by atoms with van der Waals surface area (Å²) in [6.07, 6.45) is 0. The lowest BCUT2D eigenvalue weighted by Gasteiger charge is -2.38. The molecule has 0 aliphatic carbocycles. The Hall–Kier alpha value is -1.36. The third-order valence-corrected chi connectivity index (χ3v) is 7.03. The van der Waals surface area contributed by atoms with E-state index >= 15 is 0 Å². The molecule has 0 saturated carbocycles. The molecular formula is C17H24BrN3O5S. The number of morpholine rings is 1. The van der Waals surface area contributed by atoms with Crippen molar-refractivity contribution < 1.29 is 22.7 Å². The van der Waals surface area contributed by atoms with Gasteiger partial charge in [0.1, 0.15) is 10.6 Å². The Morgan fingerprint density at radius 3 is 2.37 bits per heavy atom. The molecule has 0 bridgehead atoms. The predicted molar refractivity (Wildman–Crippen MR) is 103 cm³/mol. The first-order valence-corrected chi connectivity index (χ1v) is 11.2. The van der Waals surface area contributed by atoms with Gasteiger partial charge in [-0.05, 0) is 25.1 Å². The van der Waals surface area contributed by atoms with Gasteiger partial charge in [0.15, 0.2) is 0 Å². The Balaban J connectivity index is 1.70. The van der Waals surface area contributed by atoms with Crippen LogP contribution in [-0.4, -0.2) is 87.6 Å². The van der Waals surface area contributed by atoms with Crippen molar-refractivity contribution in [3.8, 4) is 5.75 Å². The van der Waals surface area contributed by atoms with E-state index in [4.69, 9.17) is 9.47 Å². The number of sulfonamides is 1. The average Bonchev–Trinajstić information content (AvgIpc) is 2.69. The summed E-state index contributed by atoms with van der Waals surface area (Å²) < 4.78 is 39.1. The standard InChI is InChI=1S/C17H24BrN3O5S/c1-2-26-15-4-3-14(18)13-16(15)27(23,24)21-7-5-19(6-8-21)17(22)20-9-11-25-12-10-20/h3-4,13H,2,5-12H2,1H3. The van der Waals surface area contributed by atoms with Gasteiger partial charge in [-0.3, -0.25) is 0 Å². The molecule has 2 amide bonds. The molecule has 1 aromatic carbocycles. The molecule has 2 heterocycles. The van der Waals surface area contributed by atoms with E-state index in [-0.39, 0.29) is 24.0 Å². The maximum atomic E-state index is 13.1. The largest absolute Gasteiger partial charge is 0.492 e. The number of carbonyl (C=O) groups excluding carboxylic acids is 1. The number of ether oxygens (including phenoxy) is 2. The molecule has 3 rings (SSSR count). The number of hydrogen-bond acceptors (Lipinski definition) is 5. The number of amides is 2. The molecule has 0 atom stereocenters. The molecule has 8 nitrogen and oxygen atoms in total. The Labute approximate surface area is 168 Å². The van der Waals surface area contributed by atoms with Crippen molar-refractivity contribution in [1.82, 2.24) is 14.1 Å². The summed E-state index contributed by atoms with van der Waals surface area (Å²) in [5.41, 5.74) is 0. The molecule has 0 radical (unpaired) electrons. The first kappa shape index (κ1) is 20.4. The Bertz CT molecular complexity index is 775. The number of rotatable bonds is 4. The third kappa shape index (κ3) is 4.56. The minimum atomic E-state index is -3.70. The van der Waals surface area contributed by atoms with Gasteiger partial charge in [-0.25, -0.2) is 13.2 Å². The second kappa shape index (κ2) is 8.76. The summed E-state index contributed by atoms with van der Waals surface area (Å²) in [7, 11) is -3.70. The van der Waals surface area contributed by atoms with Gasteiger partial charge in [0.2, 0.25) is 10.0 Å². The molecule has 2 aliphatic rings. The van der Waals surface area contributed by atoms with Gasteiger partial charge in [0, 0.05) is 43.7 Å². The summed E-state index contributed by atoms with van der Waals surface area (Å²) in [5, 5.41) is 0. The van der Waals surface area contributed by atoms with E-state index in [0.717, 1.165) is 0 Å². The van der Waals surface area contributed by atoms with Crippen molar-refractivity contribution in [2.45, 2.75) is 11.8 Å². The number of urea groups is 1. The summed E-state index contributed by atoms with van der Waals surface area (Å²) in [4.78, 5) is 16.2. The van der Waals surface area contributed by atoms with E-state index in [2.05, 4.69) is 15.9 Å². The first-order chi connectivity index (χ1) is 12.9. The topological polar surface area (TPSA) is 79.4 Å². The quantitative estimate of drug-likeness (QED) is 0.680. The van der Waals surface area contributed by atoms with Crippen molar-refractivity contribution in [2.75, 3.05) is 59.1 Å². The third-order valence-electron chi connectivity index (χ3n) is 4.61. The fourth-order valence-corrected chi connectivity index (χ4v) is 5.26. The van der Waals surface area contributed by atoms with Crippen LogP contribution in [0, 0.1) is 0 Å².